The summed E-state index contributed by atoms with van der Waals surface area (Å²) in [7, 11) is 0. The summed E-state index contributed by atoms with van der Waals surface area (Å²) in [5.41, 5.74) is 2.89. The molecule has 0 aliphatic carbocycles. The van der Waals surface area contributed by atoms with E-state index in [1.165, 1.54) is 11.1 Å². The summed E-state index contributed by atoms with van der Waals surface area (Å²) in [4.78, 5) is 6.72. The van der Waals surface area contributed by atoms with E-state index >= 15 is 0 Å². The molecule has 1 aromatic heterocycles. The predicted octanol–water partition coefficient (Wildman–Crippen LogP) is 2.41. The molecule has 2 rings (SSSR count). The van der Waals surface area contributed by atoms with Crippen LogP contribution in [-0.4, -0.2) is 22.5 Å². The highest BCUT2D eigenvalue weighted by Crippen LogP contribution is 2.27. The van der Waals surface area contributed by atoms with Crippen molar-refractivity contribution in [3.8, 4) is 0 Å². The van der Waals surface area contributed by atoms with Crippen LogP contribution < -0.4 is 0 Å². The van der Waals surface area contributed by atoms with Crippen molar-refractivity contribution >= 4 is 0 Å². The Bertz CT molecular complexity index is 320. The molecule has 0 N–H and O–H groups in total. The standard InChI is InChI=1S/C12H18N2/c1-9(2)14-7-10(3)12-6-13-5-4-11(12)8-14/h4-6,9-10H,7-8H2,1-3H3/t10-/m1/s1. The van der Waals surface area contributed by atoms with Gasteiger partial charge in [0.15, 0.2) is 0 Å². The normalized spacial score (nSPS) is 22.4. The van der Waals surface area contributed by atoms with Crippen LogP contribution in [0.4, 0.5) is 0 Å². The van der Waals surface area contributed by atoms with Crippen LogP contribution >= 0.6 is 0 Å². The van der Waals surface area contributed by atoms with E-state index in [1.54, 1.807) is 0 Å². The molecule has 14 heavy (non-hydrogen) atoms. The molecule has 1 aliphatic rings. The van der Waals surface area contributed by atoms with Crippen LogP contribution in [0.3, 0.4) is 0 Å². The lowest BCUT2D eigenvalue weighted by Gasteiger charge is -2.35. The predicted molar refractivity (Wildman–Crippen MR) is 58.2 cm³/mol. The van der Waals surface area contributed by atoms with E-state index in [-0.39, 0.29) is 0 Å². The molecule has 76 valence electrons. The van der Waals surface area contributed by atoms with Crippen molar-refractivity contribution < 1.29 is 0 Å². The average Bonchev–Trinajstić information content (AvgIpc) is 2.17. The van der Waals surface area contributed by atoms with Crippen LogP contribution in [0.15, 0.2) is 18.5 Å². The molecule has 2 nitrogen and oxygen atoms in total. The third kappa shape index (κ3) is 1.67. The zero-order valence-electron chi connectivity index (χ0n) is 9.20. The number of nitrogens with zero attached hydrogens (tertiary/aromatic N) is 2. The SMILES string of the molecule is CC(C)N1Cc2ccncc2[C@H](C)C1. The van der Waals surface area contributed by atoms with Crippen molar-refractivity contribution in [2.45, 2.75) is 39.3 Å². The minimum absolute atomic E-state index is 0.620. The maximum absolute atomic E-state index is 4.20. The molecule has 1 aliphatic heterocycles. The second kappa shape index (κ2) is 3.70. The second-order valence-electron chi connectivity index (χ2n) is 4.50. The Kier molecular flexibility index (Phi) is 2.55. The van der Waals surface area contributed by atoms with Gasteiger partial charge in [-0.1, -0.05) is 6.92 Å². The van der Waals surface area contributed by atoms with E-state index < -0.39 is 0 Å². The molecule has 0 spiro atoms. The summed E-state index contributed by atoms with van der Waals surface area (Å²) in [6, 6.07) is 2.79. The van der Waals surface area contributed by atoms with E-state index in [2.05, 4.69) is 36.7 Å². The van der Waals surface area contributed by atoms with Gasteiger partial charge < -0.3 is 0 Å². The topological polar surface area (TPSA) is 16.1 Å². The van der Waals surface area contributed by atoms with Crippen LogP contribution in [-0.2, 0) is 6.54 Å². The van der Waals surface area contributed by atoms with Gasteiger partial charge in [0.25, 0.3) is 0 Å². The molecule has 0 fully saturated rings. The highest BCUT2D eigenvalue weighted by molar-refractivity contribution is 5.29. The molecule has 2 heterocycles. The van der Waals surface area contributed by atoms with E-state index in [9.17, 15) is 0 Å². The lowest BCUT2D eigenvalue weighted by molar-refractivity contribution is 0.187. The number of pyridine rings is 1. The molecule has 0 saturated heterocycles. The van der Waals surface area contributed by atoms with Gasteiger partial charge in [0, 0.05) is 31.5 Å². The second-order valence-corrected chi connectivity index (χ2v) is 4.50. The fourth-order valence-corrected chi connectivity index (χ4v) is 2.15. The van der Waals surface area contributed by atoms with E-state index in [4.69, 9.17) is 0 Å². The first-order valence-corrected chi connectivity index (χ1v) is 5.35. The van der Waals surface area contributed by atoms with Crippen molar-refractivity contribution in [2.24, 2.45) is 0 Å². The first-order valence-electron chi connectivity index (χ1n) is 5.35. The zero-order chi connectivity index (χ0) is 10.1. The van der Waals surface area contributed by atoms with Crippen molar-refractivity contribution in [1.82, 2.24) is 9.88 Å². The van der Waals surface area contributed by atoms with Crippen LogP contribution in [0.25, 0.3) is 0 Å². The van der Waals surface area contributed by atoms with E-state index in [1.807, 2.05) is 12.4 Å². The zero-order valence-corrected chi connectivity index (χ0v) is 9.20. The summed E-state index contributed by atoms with van der Waals surface area (Å²) in [6.45, 7) is 9.06. The highest BCUT2D eigenvalue weighted by atomic mass is 15.2. The smallest absolute Gasteiger partial charge is 0.0306 e. The molecule has 1 atom stereocenters. The lowest BCUT2D eigenvalue weighted by atomic mass is 9.92. The molecule has 2 heteroatoms. The van der Waals surface area contributed by atoms with Gasteiger partial charge >= 0.3 is 0 Å². The highest BCUT2D eigenvalue weighted by Gasteiger charge is 2.23. The first-order chi connectivity index (χ1) is 6.68. The molecule has 0 saturated carbocycles. The van der Waals surface area contributed by atoms with Gasteiger partial charge in [-0.25, -0.2) is 0 Å². The summed E-state index contributed by atoms with van der Waals surface area (Å²) < 4.78 is 0. The maximum atomic E-state index is 4.20. The van der Waals surface area contributed by atoms with Crippen molar-refractivity contribution in [3.63, 3.8) is 0 Å². The first kappa shape index (κ1) is 9.66. The van der Waals surface area contributed by atoms with Crippen molar-refractivity contribution in [1.29, 1.82) is 0 Å². The van der Waals surface area contributed by atoms with Gasteiger partial charge in [0.2, 0.25) is 0 Å². The Morgan fingerprint density at radius 2 is 2.29 bits per heavy atom. The minimum Gasteiger partial charge on any atom is -0.296 e. The summed E-state index contributed by atoms with van der Waals surface area (Å²) in [6.07, 6.45) is 3.92. The van der Waals surface area contributed by atoms with Gasteiger partial charge in [0.1, 0.15) is 0 Å². The van der Waals surface area contributed by atoms with Crippen LogP contribution in [0.1, 0.15) is 37.8 Å². The Hall–Kier alpha value is -0.890. The quantitative estimate of drug-likeness (QED) is 0.676. The third-order valence-corrected chi connectivity index (χ3v) is 3.09. The van der Waals surface area contributed by atoms with E-state index in [0.29, 0.717) is 12.0 Å². The Morgan fingerprint density at radius 3 is 3.00 bits per heavy atom. The molecule has 0 unspecified atom stereocenters. The average molecular weight is 190 g/mol. The summed E-state index contributed by atoms with van der Waals surface area (Å²) in [5, 5.41) is 0. The molecule has 0 bridgehead atoms. The molecule has 0 radical (unpaired) electrons. The third-order valence-electron chi connectivity index (χ3n) is 3.09. The van der Waals surface area contributed by atoms with Gasteiger partial charge in [-0.2, -0.15) is 0 Å². The van der Waals surface area contributed by atoms with E-state index in [0.717, 1.165) is 13.1 Å². The Balaban J connectivity index is 2.29. The number of aromatic nitrogens is 1. The number of fused-ring (bicyclic) bond motifs is 1. The number of rotatable bonds is 1. The van der Waals surface area contributed by atoms with Crippen molar-refractivity contribution in [3.05, 3.63) is 29.6 Å². The monoisotopic (exact) mass is 190 g/mol. The largest absolute Gasteiger partial charge is 0.296 e. The molecular weight excluding hydrogens is 172 g/mol. The molecule has 1 aromatic rings. The summed E-state index contributed by atoms with van der Waals surface area (Å²) in [5.74, 6) is 0.620. The van der Waals surface area contributed by atoms with Gasteiger partial charge in [0.05, 0.1) is 0 Å². The van der Waals surface area contributed by atoms with Crippen LogP contribution in [0.2, 0.25) is 0 Å². The van der Waals surface area contributed by atoms with Gasteiger partial charge in [-0.3, -0.25) is 9.88 Å². The summed E-state index contributed by atoms with van der Waals surface area (Å²) >= 11 is 0. The van der Waals surface area contributed by atoms with Gasteiger partial charge in [-0.15, -0.1) is 0 Å². The van der Waals surface area contributed by atoms with Crippen LogP contribution in [0.5, 0.6) is 0 Å². The lowest BCUT2D eigenvalue weighted by Crippen LogP contribution is -2.37. The van der Waals surface area contributed by atoms with Crippen molar-refractivity contribution in [2.75, 3.05) is 6.54 Å². The fourth-order valence-electron chi connectivity index (χ4n) is 2.15. The number of hydrogen-bond acceptors (Lipinski definition) is 2. The molecule has 0 amide bonds. The molecule has 0 aromatic carbocycles. The van der Waals surface area contributed by atoms with Gasteiger partial charge in [-0.05, 0) is 37.0 Å². The Morgan fingerprint density at radius 1 is 1.50 bits per heavy atom. The fraction of sp³-hybridized carbons (Fsp3) is 0.583. The molecular formula is C12H18N2. The Labute approximate surface area is 86.0 Å². The van der Waals surface area contributed by atoms with Crippen LogP contribution in [0, 0.1) is 0 Å². The maximum Gasteiger partial charge on any atom is 0.0306 e. The minimum atomic E-state index is 0.620. The number of hydrogen-bond donors (Lipinski definition) is 0.